The predicted molar refractivity (Wildman–Crippen MR) is 96.9 cm³/mol. The summed E-state index contributed by atoms with van der Waals surface area (Å²) in [6.45, 7) is 3.28. The molecule has 0 fully saturated rings. The topological polar surface area (TPSA) is 21.7 Å². The minimum atomic E-state index is -0.298. The van der Waals surface area contributed by atoms with Crippen LogP contribution in [0, 0.1) is 5.82 Å². The lowest BCUT2D eigenvalue weighted by atomic mass is 10.2. The van der Waals surface area contributed by atoms with Crippen molar-refractivity contribution in [1.29, 1.82) is 0 Å². The van der Waals surface area contributed by atoms with E-state index in [1.165, 1.54) is 4.90 Å². The molecule has 3 rings (SSSR count). The van der Waals surface area contributed by atoms with Crippen molar-refractivity contribution < 1.29 is 13.9 Å². The van der Waals surface area contributed by atoms with Crippen molar-refractivity contribution in [2.45, 2.75) is 30.0 Å². The summed E-state index contributed by atoms with van der Waals surface area (Å²) in [5, 5.41) is 0.147. The molecule has 24 heavy (non-hydrogen) atoms. The van der Waals surface area contributed by atoms with Crippen molar-refractivity contribution in [3.8, 4) is 5.75 Å². The van der Waals surface area contributed by atoms with Crippen molar-refractivity contribution >= 4 is 23.1 Å². The van der Waals surface area contributed by atoms with Gasteiger partial charge >= 0.3 is 0 Å². The van der Waals surface area contributed by atoms with Crippen molar-refractivity contribution in [2.75, 3.05) is 25.2 Å². The first-order valence-electron chi connectivity index (χ1n) is 8.17. The van der Waals surface area contributed by atoms with Gasteiger partial charge in [-0.2, -0.15) is 0 Å². The number of halogens is 1. The highest BCUT2D eigenvalue weighted by atomic mass is 32.2. The van der Waals surface area contributed by atoms with Gasteiger partial charge in [0.2, 0.25) is 0 Å². The quantitative estimate of drug-likeness (QED) is 0.640. The number of hydrogen-bond acceptors (Lipinski definition) is 4. The molecule has 0 radical (unpaired) electrons. The van der Waals surface area contributed by atoms with Crippen LogP contribution in [0.5, 0.6) is 5.75 Å². The van der Waals surface area contributed by atoms with E-state index in [1.54, 1.807) is 24.9 Å². The minimum absolute atomic E-state index is 0.147. The molecule has 128 valence electrons. The molecule has 0 amide bonds. The summed E-state index contributed by atoms with van der Waals surface area (Å²) < 4.78 is 25.6. The van der Waals surface area contributed by atoms with Crippen LogP contribution in [0.15, 0.2) is 47.4 Å². The number of para-hydroxylation sites is 1. The standard InChI is InChI=1S/C19H22FNO2S/c1-14-21(15-8-3-4-11-18(15)24-14)16-9-7-10-17(19(16)20)23-13-6-5-12-22-2/h3-4,7-11,14H,5-6,12-13H2,1-2H3. The molecule has 2 aromatic rings. The van der Waals surface area contributed by atoms with E-state index in [0.29, 0.717) is 24.7 Å². The van der Waals surface area contributed by atoms with Crippen molar-refractivity contribution in [2.24, 2.45) is 0 Å². The van der Waals surface area contributed by atoms with Crippen LogP contribution in [0.1, 0.15) is 19.8 Å². The largest absolute Gasteiger partial charge is 0.490 e. The first-order valence-corrected chi connectivity index (χ1v) is 9.05. The maximum absolute atomic E-state index is 15.0. The van der Waals surface area contributed by atoms with Gasteiger partial charge in [0.15, 0.2) is 11.6 Å². The van der Waals surface area contributed by atoms with E-state index in [4.69, 9.17) is 9.47 Å². The monoisotopic (exact) mass is 347 g/mol. The molecule has 1 unspecified atom stereocenters. The van der Waals surface area contributed by atoms with Crippen LogP contribution < -0.4 is 9.64 Å². The fourth-order valence-corrected chi connectivity index (χ4v) is 3.99. The average Bonchev–Trinajstić information content (AvgIpc) is 2.92. The summed E-state index contributed by atoms with van der Waals surface area (Å²) in [7, 11) is 1.68. The first kappa shape index (κ1) is 17.1. The van der Waals surface area contributed by atoms with Gasteiger partial charge in [0, 0.05) is 18.6 Å². The van der Waals surface area contributed by atoms with Crippen LogP contribution in [0.25, 0.3) is 0 Å². The predicted octanol–water partition coefficient (Wildman–Crippen LogP) is 5.22. The van der Waals surface area contributed by atoms with Crippen LogP contribution in [0.4, 0.5) is 15.8 Å². The van der Waals surface area contributed by atoms with Gasteiger partial charge in [0.05, 0.1) is 23.4 Å². The fraction of sp³-hybridized carbons (Fsp3) is 0.368. The highest BCUT2D eigenvalue weighted by Crippen LogP contribution is 2.48. The number of nitrogens with zero attached hydrogens (tertiary/aromatic N) is 1. The number of hydrogen-bond donors (Lipinski definition) is 0. The van der Waals surface area contributed by atoms with E-state index < -0.39 is 0 Å². The zero-order chi connectivity index (χ0) is 16.9. The van der Waals surface area contributed by atoms with E-state index in [-0.39, 0.29) is 11.2 Å². The van der Waals surface area contributed by atoms with Crippen LogP contribution in [-0.4, -0.2) is 25.7 Å². The lowest BCUT2D eigenvalue weighted by Crippen LogP contribution is -2.22. The Morgan fingerprint density at radius 1 is 1.04 bits per heavy atom. The molecule has 0 aromatic heterocycles. The zero-order valence-corrected chi connectivity index (χ0v) is 14.8. The highest BCUT2D eigenvalue weighted by molar-refractivity contribution is 8.00. The number of benzene rings is 2. The van der Waals surface area contributed by atoms with Gasteiger partial charge in [0.1, 0.15) is 0 Å². The Morgan fingerprint density at radius 3 is 2.62 bits per heavy atom. The van der Waals surface area contributed by atoms with E-state index in [0.717, 1.165) is 18.5 Å². The molecule has 0 saturated carbocycles. The molecule has 0 N–H and O–H groups in total. The molecule has 0 saturated heterocycles. The zero-order valence-electron chi connectivity index (χ0n) is 14.0. The Labute approximate surface area is 146 Å². The maximum atomic E-state index is 15.0. The molecule has 1 heterocycles. The summed E-state index contributed by atoms with van der Waals surface area (Å²) >= 11 is 1.74. The number of anilines is 2. The van der Waals surface area contributed by atoms with Crippen molar-refractivity contribution in [3.63, 3.8) is 0 Å². The van der Waals surface area contributed by atoms with E-state index in [1.807, 2.05) is 35.2 Å². The number of fused-ring (bicyclic) bond motifs is 1. The van der Waals surface area contributed by atoms with Crippen LogP contribution in [0.3, 0.4) is 0 Å². The van der Waals surface area contributed by atoms with Gasteiger partial charge in [0.25, 0.3) is 0 Å². The molecular formula is C19H22FNO2S. The Bertz CT molecular complexity index is 695. The second-order valence-corrected chi connectivity index (χ2v) is 7.05. The number of rotatable bonds is 7. The third kappa shape index (κ3) is 3.52. The fourth-order valence-electron chi connectivity index (χ4n) is 2.84. The lowest BCUT2D eigenvalue weighted by Gasteiger charge is -2.25. The van der Waals surface area contributed by atoms with E-state index in [2.05, 4.69) is 13.0 Å². The second kappa shape index (κ2) is 7.90. The Hall–Kier alpha value is -1.72. The number of unbranched alkanes of at least 4 members (excludes halogenated alkanes) is 1. The second-order valence-electron chi connectivity index (χ2n) is 5.69. The van der Waals surface area contributed by atoms with Gasteiger partial charge in [-0.05, 0) is 44.0 Å². The van der Waals surface area contributed by atoms with Crippen LogP contribution in [0.2, 0.25) is 0 Å². The normalized spacial score (nSPS) is 16.3. The molecule has 0 aliphatic carbocycles. The number of thioether (sulfide) groups is 1. The molecule has 1 aliphatic rings. The van der Waals surface area contributed by atoms with Crippen LogP contribution >= 0.6 is 11.8 Å². The average molecular weight is 347 g/mol. The summed E-state index contributed by atoms with van der Waals surface area (Å²) in [5.41, 5.74) is 1.61. The van der Waals surface area contributed by atoms with Gasteiger partial charge in [-0.1, -0.05) is 30.0 Å². The van der Waals surface area contributed by atoms with E-state index >= 15 is 0 Å². The number of methoxy groups -OCH3 is 1. The van der Waals surface area contributed by atoms with Crippen molar-refractivity contribution in [3.05, 3.63) is 48.3 Å². The highest BCUT2D eigenvalue weighted by Gasteiger charge is 2.30. The summed E-state index contributed by atoms with van der Waals surface area (Å²) in [4.78, 5) is 3.21. The SMILES string of the molecule is COCCCCOc1cccc(N2c3ccccc3SC2C)c1F. The molecule has 1 aliphatic heterocycles. The molecular weight excluding hydrogens is 325 g/mol. The van der Waals surface area contributed by atoms with Gasteiger partial charge in [-0.3, -0.25) is 0 Å². The van der Waals surface area contributed by atoms with Crippen LogP contribution in [-0.2, 0) is 4.74 Å². The van der Waals surface area contributed by atoms with Gasteiger partial charge in [-0.25, -0.2) is 4.39 Å². The Kier molecular flexibility index (Phi) is 5.63. The summed E-state index contributed by atoms with van der Waals surface area (Å²) in [6.07, 6.45) is 1.75. The van der Waals surface area contributed by atoms with Gasteiger partial charge in [-0.15, -0.1) is 0 Å². The smallest absolute Gasteiger partial charge is 0.188 e. The Morgan fingerprint density at radius 2 is 1.79 bits per heavy atom. The first-order chi connectivity index (χ1) is 11.7. The van der Waals surface area contributed by atoms with Crippen molar-refractivity contribution in [1.82, 2.24) is 0 Å². The molecule has 2 aromatic carbocycles. The van der Waals surface area contributed by atoms with Gasteiger partial charge < -0.3 is 14.4 Å². The molecule has 5 heteroatoms. The third-order valence-corrected chi connectivity index (χ3v) is 5.14. The molecule has 0 spiro atoms. The Balaban J connectivity index is 1.78. The summed E-state index contributed by atoms with van der Waals surface area (Å²) in [5.74, 6) is 0.0138. The molecule has 1 atom stereocenters. The third-order valence-electron chi connectivity index (χ3n) is 3.99. The summed E-state index contributed by atoms with van der Waals surface area (Å²) in [6, 6.07) is 13.5. The maximum Gasteiger partial charge on any atom is 0.188 e. The molecule has 0 bridgehead atoms. The number of ether oxygens (including phenoxy) is 2. The molecule has 3 nitrogen and oxygen atoms in total. The minimum Gasteiger partial charge on any atom is -0.490 e. The lowest BCUT2D eigenvalue weighted by molar-refractivity contribution is 0.183. The van der Waals surface area contributed by atoms with E-state index in [9.17, 15) is 4.39 Å².